The van der Waals surface area contributed by atoms with Crippen molar-refractivity contribution in [2.24, 2.45) is 0 Å². The van der Waals surface area contributed by atoms with Gasteiger partial charge in [0.05, 0.1) is 4.90 Å². The maximum Gasteiger partial charge on any atom is 0.275 e. The lowest BCUT2D eigenvalue weighted by Gasteiger charge is -2.11. The van der Waals surface area contributed by atoms with Gasteiger partial charge in [-0.25, -0.2) is 14.4 Å². The number of aromatic nitrogens is 2. The molecule has 1 aromatic heterocycles. The summed E-state index contributed by atoms with van der Waals surface area (Å²) in [4.78, 5) is 23.5. The molecule has 8 heteroatoms. The number of amides is 1. The number of rotatable bonds is 7. The molecule has 0 radical (unpaired) electrons. The number of nitrogens with one attached hydrogen (secondary N) is 1. The molecule has 5 nitrogen and oxygen atoms in total. The quantitative estimate of drug-likeness (QED) is 0.258. The van der Waals surface area contributed by atoms with Gasteiger partial charge >= 0.3 is 0 Å². The molecule has 0 saturated heterocycles. The van der Waals surface area contributed by atoms with E-state index in [1.54, 1.807) is 30.5 Å². The molecule has 1 amide bonds. The number of hydrogen-bond donors (Lipinski definition) is 2. The molecule has 4 aromatic rings. The molecule has 0 fully saturated rings. The highest BCUT2D eigenvalue weighted by Gasteiger charge is 2.17. The number of phenols is 1. The Hall–Kier alpha value is -3.36. The number of anilines is 1. The number of benzene rings is 3. The normalized spacial score (nSPS) is 10.7. The smallest absolute Gasteiger partial charge is 0.275 e. The second kappa shape index (κ2) is 10.3. The van der Waals surface area contributed by atoms with Crippen LogP contribution in [-0.4, -0.2) is 21.0 Å². The topological polar surface area (TPSA) is 75.1 Å². The zero-order valence-corrected chi connectivity index (χ0v) is 18.4. The molecule has 4 rings (SSSR count). The van der Waals surface area contributed by atoms with E-state index in [0.29, 0.717) is 21.5 Å². The summed E-state index contributed by atoms with van der Waals surface area (Å²) in [6, 6.07) is 22.2. The van der Waals surface area contributed by atoms with Crippen molar-refractivity contribution < 1.29 is 14.3 Å². The van der Waals surface area contributed by atoms with Crippen molar-refractivity contribution in [2.75, 3.05) is 5.32 Å². The third kappa shape index (κ3) is 5.87. The molecule has 160 valence electrons. The molecule has 2 N–H and O–H groups in total. The van der Waals surface area contributed by atoms with Gasteiger partial charge in [-0.2, -0.15) is 0 Å². The summed E-state index contributed by atoms with van der Waals surface area (Å²) in [5, 5.41) is 12.9. The number of hydrogen-bond acceptors (Lipinski definition) is 6. The van der Waals surface area contributed by atoms with Crippen LogP contribution in [0.3, 0.4) is 0 Å². The lowest BCUT2D eigenvalue weighted by Crippen LogP contribution is -2.15. The van der Waals surface area contributed by atoms with Crippen LogP contribution in [0.2, 0.25) is 0 Å². The first kappa shape index (κ1) is 21.9. The molecule has 1 heterocycles. The number of aromatic hydroxyl groups is 1. The van der Waals surface area contributed by atoms with Crippen molar-refractivity contribution in [2.45, 2.75) is 20.7 Å². The monoisotopic (exact) mass is 463 g/mol. The van der Waals surface area contributed by atoms with Crippen LogP contribution < -0.4 is 5.32 Å². The van der Waals surface area contributed by atoms with E-state index in [-0.39, 0.29) is 17.3 Å². The number of halogens is 1. The summed E-state index contributed by atoms with van der Waals surface area (Å²) >= 11 is 2.76. The van der Waals surface area contributed by atoms with E-state index in [1.165, 1.54) is 47.8 Å². The van der Waals surface area contributed by atoms with E-state index in [1.807, 2.05) is 30.3 Å². The first-order valence-corrected chi connectivity index (χ1v) is 11.4. The van der Waals surface area contributed by atoms with Crippen molar-refractivity contribution in [3.05, 3.63) is 102 Å². The fourth-order valence-corrected chi connectivity index (χ4v) is 4.44. The molecular formula is C24H18FN3O2S2. The summed E-state index contributed by atoms with van der Waals surface area (Å²) in [6.45, 7) is 0. The Bertz CT molecular complexity index is 1220. The van der Waals surface area contributed by atoms with Gasteiger partial charge in [0.1, 0.15) is 17.3 Å². The second-order valence-electron chi connectivity index (χ2n) is 6.70. The molecule has 0 aliphatic carbocycles. The largest absolute Gasteiger partial charge is 0.508 e. The fraction of sp³-hybridized carbons (Fsp3) is 0.0417. The van der Waals surface area contributed by atoms with E-state index < -0.39 is 5.91 Å². The Morgan fingerprint density at radius 1 is 1.00 bits per heavy atom. The first-order valence-electron chi connectivity index (χ1n) is 9.64. The van der Waals surface area contributed by atoms with Crippen LogP contribution in [0.15, 0.2) is 100 Å². The second-order valence-corrected chi connectivity index (χ2v) is 8.76. The molecule has 0 atom stereocenters. The Balaban J connectivity index is 1.59. The maximum absolute atomic E-state index is 13.1. The van der Waals surface area contributed by atoms with Crippen LogP contribution in [0.5, 0.6) is 5.75 Å². The minimum atomic E-state index is -0.403. The van der Waals surface area contributed by atoms with Gasteiger partial charge < -0.3 is 10.4 Å². The highest BCUT2D eigenvalue weighted by Crippen LogP contribution is 2.31. The van der Waals surface area contributed by atoms with E-state index in [0.717, 1.165) is 10.5 Å². The average Bonchev–Trinajstić information content (AvgIpc) is 2.80. The zero-order chi connectivity index (χ0) is 22.3. The van der Waals surface area contributed by atoms with Gasteiger partial charge in [0.25, 0.3) is 5.91 Å². The number of thioether (sulfide) groups is 1. The van der Waals surface area contributed by atoms with Gasteiger partial charge in [-0.05, 0) is 42.0 Å². The van der Waals surface area contributed by atoms with Gasteiger partial charge in [-0.1, -0.05) is 59.9 Å². The average molecular weight is 464 g/mol. The standard InChI is InChI=1S/C24H18FN3O2S2/c25-17-11-9-16(10-12-17)15-31-24-26-14-21(32-20-7-2-1-3-8-20)22(28-24)23(30)27-18-5-4-6-19(29)13-18/h1-14,29H,15H2,(H,27,30). The van der Waals surface area contributed by atoms with Crippen LogP contribution in [0, 0.1) is 5.82 Å². The third-order valence-corrected chi connectivity index (χ3v) is 6.26. The minimum absolute atomic E-state index is 0.0555. The van der Waals surface area contributed by atoms with E-state index in [9.17, 15) is 14.3 Å². The summed E-state index contributed by atoms with van der Waals surface area (Å²) < 4.78 is 13.1. The Labute approximate surface area is 193 Å². The summed E-state index contributed by atoms with van der Waals surface area (Å²) in [5.74, 6) is -0.0952. The molecular weight excluding hydrogens is 445 g/mol. The first-order chi connectivity index (χ1) is 15.6. The predicted octanol–water partition coefficient (Wildman–Crippen LogP) is 6.02. The molecule has 0 unspecified atom stereocenters. The van der Waals surface area contributed by atoms with Crippen LogP contribution in [0.25, 0.3) is 0 Å². The summed E-state index contributed by atoms with van der Waals surface area (Å²) in [5.41, 5.74) is 1.62. The van der Waals surface area contributed by atoms with Gasteiger partial charge in [0.2, 0.25) is 0 Å². The van der Waals surface area contributed by atoms with Crippen molar-refractivity contribution >= 4 is 35.1 Å². The fourth-order valence-electron chi connectivity index (χ4n) is 2.78. The molecule has 3 aromatic carbocycles. The maximum atomic E-state index is 13.1. The predicted molar refractivity (Wildman–Crippen MR) is 125 cm³/mol. The van der Waals surface area contributed by atoms with Crippen molar-refractivity contribution in [1.29, 1.82) is 0 Å². The molecule has 0 saturated carbocycles. The molecule has 0 aliphatic rings. The van der Waals surface area contributed by atoms with Crippen molar-refractivity contribution in [1.82, 2.24) is 9.97 Å². The Morgan fingerprint density at radius 3 is 2.53 bits per heavy atom. The lowest BCUT2D eigenvalue weighted by molar-refractivity contribution is 0.101. The number of nitrogens with zero attached hydrogens (tertiary/aromatic N) is 2. The van der Waals surface area contributed by atoms with Gasteiger partial charge in [-0.15, -0.1) is 0 Å². The number of carbonyl (C=O) groups is 1. The van der Waals surface area contributed by atoms with Gasteiger partial charge in [0, 0.05) is 28.6 Å². The zero-order valence-electron chi connectivity index (χ0n) is 16.7. The third-order valence-electron chi connectivity index (χ3n) is 4.30. The van der Waals surface area contributed by atoms with Crippen LogP contribution in [0.4, 0.5) is 10.1 Å². The van der Waals surface area contributed by atoms with Crippen LogP contribution in [-0.2, 0) is 5.75 Å². The SMILES string of the molecule is O=C(Nc1cccc(O)c1)c1nc(SCc2ccc(F)cc2)ncc1Sc1ccccc1. The van der Waals surface area contributed by atoms with Crippen molar-refractivity contribution in [3.8, 4) is 5.75 Å². The molecule has 0 aliphatic heterocycles. The van der Waals surface area contributed by atoms with E-state index in [2.05, 4.69) is 15.3 Å². The van der Waals surface area contributed by atoms with Gasteiger partial charge in [0.15, 0.2) is 5.16 Å². The number of phenolic OH excluding ortho intramolecular Hbond substituents is 1. The van der Waals surface area contributed by atoms with Crippen molar-refractivity contribution in [3.63, 3.8) is 0 Å². The molecule has 0 bridgehead atoms. The Morgan fingerprint density at radius 2 is 1.78 bits per heavy atom. The highest BCUT2D eigenvalue weighted by atomic mass is 32.2. The summed E-state index contributed by atoms with van der Waals surface area (Å²) in [7, 11) is 0. The van der Waals surface area contributed by atoms with E-state index >= 15 is 0 Å². The van der Waals surface area contributed by atoms with E-state index in [4.69, 9.17) is 0 Å². The molecule has 32 heavy (non-hydrogen) atoms. The lowest BCUT2D eigenvalue weighted by atomic mass is 10.2. The Kier molecular flexibility index (Phi) is 7.03. The highest BCUT2D eigenvalue weighted by molar-refractivity contribution is 7.99. The minimum Gasteiger partial charge on any atom is -0.508 e. The summed E-state index contributed by atoms with van der Waals surface area (Å²) in [6.07, 6.45) is 1.63. The van der Waals surface area contributed by atoms with Crippen LogP contribution in [0.1, 0.15) is 16.1 Å². The van der Waals surface area contributed by atoms with Crippen LogP contribution >= 0.6 is 23.5 Å². The van der Waals surface area contributed by atoms with Gasteiger partial charge in [-0.3, -0.25) is 4.79 Å². The molecule has 0 spiro atoms. The number of carbonyl (C=O) groups excluding carboxylic acids is 1.